The summed E-state index contributed by atoms with van der Waals surface area (Å²) in [7, 11) is 0. The van der Waals surface area contributed by atoms with Gasteiger partial charge in [-0.05, 0) is 55.9 Å². The van der Waals surface area contributed by atoms with Crippen molar-refractivity contribution in [3.8, 4) is 0 Å². The van der Waals surface area contributed by atoms with E-state index in [2.05, 4.69) is 36.2 Å². The van der Waals surface area contributed by atoms with Gasteiger partial charge in [-0.1, -0.05) is 19.3 Å². The number of hydrogen-bond donors (Lipinski definition) is 1. The van der Waals surface area contributed by atoms with Crippen LogP contribution in [0.25, 0.3) is 0 Å². The minimum atomic E-state index is 0.173. The first-order valence-corrected chi connectivity index (χ1v) is 9.37. The fourth-order valence-electron chi connectivity index (χ4n) is 3.99. The SMILES string of the molecule is Cc1cc(N2CCOCC2)cc(C)c1NC(=O)CC1CCCCC1. The molecule has 132 valence electrons. The zero-order valence-electron chi connectivity index (χ0n) is 15.1. The van der Waals surface area contributed by atoms with Crippen LogP contribution < -0.4 is 10.2 Å². The summed E-state index contributed by atoms with van der Waals surface area (Å²) in [5, 5.41) is 3.17. The summed E-state index contributed by atoms with van der Waals surface area (Å²) in [6.45, 7) is 7.63. The van der Waals surface area contributed by atoms with Crippen molar-refractivity contribution in [2.45, 2.75) is 52.4 Å². The second kappa shape index (κ2) is 8.02. The van der Waals surface area contributed by atoms with E-state index < -0.39 is 0 Å². The highest BCUT2D eigenvalue weighted by Crippen LogP contribution is 2.30. The quantitative estimate of drug-likeness (QED) is 0.905. The predicted octanol–water partition coefficient (Wildman–Crippen LogP) is 4.05. The van der Waals surface area contributed by atoms with Crippen LogP contribution in [0.5, 0.6) is 0 Å². The Morgan fingerprint density at radius 3 is 2.38 bits per heavy atom. The van der Waals surface area contributed by atoms with E-state index in [4.69, 9.17) is 4.74 Å². The first-order chi connectivity index (χ1) is 11.6. The van der Waals surface area contributed by atoms with Gasteiger partial charge in [-0.25, -0.2) is 0 Å². The monoisotopic (exact) mass is 330 g/mol. The molecule has 24 heavy (non-hydrogen) atoms. The summed E-state index contributed by atoms with van der Waals surface area (Å²) < 4.78 is 5.43. The van der Waals surface area contributed by atoms with Crippen molar-refractivity contribution in [2.75, 3.05) is 36.5 Å². The number of hydrogen-bond acceptors (Lipinski definition) is 3. The molecule has 1 aliphatic heterocycles. The van der Waals surface area contributed by atoms with Crippen molar-refractivity contribution >= 4 is 17.3 Å². The average Bonchev–Trinajstić information content (AvgIpc) is 2.59. The fourth-order valence-corrected chi connectivity index (χ4v) is 3.99. The standard InChI is InChI=1S/C20H30N2O2/c1-15-12-18(22-8-10-24-11-9-22)13-16(2)20(15)21-19(23)14-17-6-4-3-5-7-17/h12-13,17H,3-11,14H2,1-2H3,(H,21,23). The van der Waals surface area contributed by atoms with Gasteiger partial charge in [0.2, 0.25) is 5.91 Å². The molecule has 1 heterocycles. The maximum atomic E-state index is 12.4. The van der Waals surface area contributed by atoms with E-state index in [1.807, 2.05) is 0 Å². The zero-order chi connectivity index (χ0) is 16.9. The number of anilines is 2. The number of rotatable bonds is 4. The van der Waals surface area contributed by atoms with Gasteiger partial charge in [-0.2, -0.15) is 0 Å². The summed E-state index contributed by atoms with van der Waals surface area (Å²) >= 11 is 0. The summed E-state index contributed by atoms with van der Waals surface area (Å²) in [6, 6.07) is 4.38. The Hall–Kier alpha value is -1.55. The van der Waals surface area contributed by atoms with Crippen LogP contribution in [0.3, 0.4) is 0 Å². The highest BCUT2D eigenvalue weighted by atomic mass is 16.5. The fraction of sp³-hybridized carbons (Fsp3) is 0.650. The van der Waals surface area contributed by atoms with Gasteiger partial charge in [0, 0.05) is 30.9 Å². The minimum Gasteiger partial charge on any atom is -0.378 e. The molecule has 1 amide bonds. The Balaban J connectivity index is 1.65. The summed E-state index contributed by atoms with van der Waals surface area (Å²) in [5.41, 5.74) is 4.52. The molecule has 0 aromatic heterocycles. The molecule has 0 bridgehead atoms. The van der Waals surface area contributed by atoms with Gasteiger partial charge in [-0.3, -0.25) is 4.79 Å². The van der Waals surface area contributed by atoms with Crippen molar-refractivity contribution in [3.63, 3.8) is 0 Å². The lowest BCUT2D eigenvalue weighted by Crippen LogP contribution is -2.36. The molecule has 2 aliphatic rings. The van der Waals surface area contributed by atoms with Gasteiger partial charge in [0.25, 0.3) is 0 Å². The summed E-state index contributed by atoms with van der Waals surface area (Å²) in [5.74, 6) is 0.749. The third-order valence-electron chi connectivity index (χ3n) is 5.36. The molecular formula is C20H30N2O2. The van der Waals surface area contributed by atoms with Crippen LogP contribution in [0.1, 0.15) is 49.7 Å². The molecule has 1 N–H and O–H groups in total. The zero-order valence-corrected chi connectivity index (χ0v) is 15.1. The largest absolute Gasteiger partial charge is 0.378 e. The third kappa shape index (κ3) is 4.29. The minimum absolute atomic E-state index is 0.173. The number of nitrogens with zero attached hydrogens (tertiary/aromatic N) is 1. The van der Waals surface area contributed by atoms with Crippen LogP contribution in [-0.2, 0) is 9.53 Å². The first kappa shape index (κ1) is 17.3. The highest BCUT2D eigenvalue weighted by molar-refractivity contribution is 5.93. The van der Waals surface area contributed by atoms with E-state index in [9.17, 15) is 4.79 Å². The summed E-state index contributed by atoms with van der Waals surface area (Å²) in [6.07, 6.45) is 6.99. The Kier molecular flexibility index (Phi) is 5.77. The maximum Gasteiger partial charge on any atom is 0.224 e. The van der Waals surface area contributed by atoms with Gasteiger partial charge in [0.05, 0.1) is 13.2 Å². The Bertz CT molecular complexity index is 550. The van der Waals surface area contributed by atoms with Crippen LogP contribution >= 0.6 is 0 Å². The summed E-state index contributed by atoms with van der Waals surface area (Å²) in [4.78, 5) is 14.8. The number of aryl methyl sites for hydroxylation is 2. The second-order valence-corrected chi connectivity index (χ2v) is 7.31. The highest BCUT2D eigenvalue weighted by Gasteiger charge is 2.19. The molecule has 0 unspecified atom stereocenters. The van der Waals surface area contributed by atoms with Crippen molar-refractivity contribution in [1.29, 1.82) is 0 Å². The molecule has 4 nitrogen and oxygen atoms in total. The molecule has 1 aromatic rings. The van der Waals surface area contributed by atoms with Crippen molar-refractivity contribution in [3.05, 3.63) is 23.3 Å². The number of nitrogens with one attached hydrogen (secondary N) is 1. The van der Waals surface area contributed by atoms with E-state index in [0.717, 1.165) is 43.1 Å². The van der Waals surface area contributed by atoms with Crippen LogP contribution in [0.15, 0.2) is 12.1 Å². The molecule has 0 spiro atoms. The van der Waals surface area contributed by atoms with E-state index in [-0.39, 0.29) is 5.91 Å². The number of morpholine rings is 1. The van der Waals surface area contributed by atoms with Crippen molar-refractivity contribution in [2.24, 2.45) is 5.92 Å². The van der Waals surface area contributed by atoms with E-state index >= 15 is 0 Å². The molecule has 4 heteroatoms. The molecule has 1 aliphatic carbocycles. The number of benzene rings is 1. The predicted molar refractivity (Wildman–Crippen MR) is 98.8 cm³/mol. The molecule has 1 aromatic carbocycles. The van der Waals surface area contributed by atoms with E-state index in [1.54, 1.807) is 0 Å². The van der Waals surface area contributed by atoms with Gasteiger partial charge in [0.1, 0.15) is 0 Å². The number of amides is 1. The molecule has 1 saturated carbocycles. The lowest BCUT2D eigenvalue weighted by Gasteiger charge is -2.30. The molecule has 0 atom stereocenters. The Labute approximate surface area is 145 Å². The molecular weight excluding hydrogens is 300 g/mol. The van der Waals surface area contributed by atoms with E-state index in [1.165, 1.54) is 37.8 Å². The lowest BCUT2D eigenvalue weighted by molar-refractivity contribution is -0.117. The third-order valence-corrected chi connectivity index (χ3v) is 5.36. The average molecular weight is 330 g/mol. The number of carbonyl (C=O) groups excluding carboxylic acids is 1. The first-order valence-electron chi connectivity index (χ1n) is 9.37. The van der Waals surface area contributed by atoms with Crippen LogP contribution in [0.4, 0.5) is 11.4 Å². The normalized spacial score (nSPS) is 19.3. The number of carbonyl (C=O) groups is 1. The Morgan fingerprint density at radius 1 is 1.12 bits per heavy atom. The van der Waals surface area contributed by atoms with Gasteiger partial charge in [-0.15, -0.1) is 0 Å². The molecule has 2 fully saturated rings. The second-order valence-electron chi connectivity index (χ2n) is 7.31. The lowest BCUT2D eigenvalue weighted by atomic mass is 9.87. The van der Waals surface area contributed by atoms with Crippen LogP contribution in [0.2, 0.25) is 0 Å². The number of ether oxygens (including phenoxy) is 1. The van der Waals surface area contributed by atoms with Gasteiger partial charge < -0.3 is 15.0 Å². The van der Waals surface area contributed by atoms with Gasteiger partial charge in [0.15, 0.2) is 0 Å². The van der Waals surface area contributed by atoms with Crippen LogP contribution in [0, 0.1) is 19.8 Å². The van der Waals surface area contributed by atoms with Gasteiger partial charge >= 0.3 is 0 Å². The topological polar surface area (TPSA) is 41.6 Å². The molecule has 3 rings (SSSR count). The van der Waals surface area contributed by atoms with Crippen molar-refractivity contribution < 1.29 is 9.53 Å². The van der Waals surface area contributed by atoms with Crippen LogP contribution in [-0.4, -0.2) is 32.2 Å². The van der Waals surface area contributed by atoms with Crippen molar-refractivity contribution in [1.82, 2.24) is 0 Å². The molecule has 1 saturated heterocycles. The Morgan fingerprint density at radius 2 is 1.75 bits per heavy atom. The maximum absolute atomic E-state index is 12.4. The molecule has 0 radical (unpaired) electrons. The smallest absolute Gasteiger partial charge is 0.224 e. The van der Waals surface area contributed by atoms with E-state index in [0.29, 0.717) is 12.3 Å².